The van der Waals surface area contributed by atoms with Crippen molar-refractivity contribution in [1.82, 2.24) is 19.9 Å². The number of fused-ring (bicyclic) bond motifs is 1. The van der Waals surface area contributed by atoms with Crippen molar-refractivity contribution in [3.05, 3.63) is 65.9 Å². The van der Waals surface area contributed by atoms with E-state index in [9.17, 15) is 14.9 Å². The first-order valence-corrected chi connectivity index (χ1v) is 11.5. The Labute approximate surface area is 194 Å². The van der Waals surface area contributed by atoms with E-state index in [1.807, 2.05) is 30.6 Å². The number of nitrogens with zero attached hydrogens (tertiary/aromatic N) is 6. The van der Waals surface area contributed by atoms with Crippen LogP contribution in [0.2, 0.25) is 0 Å². The van der Waals surface area contributed by atoms with E-state index < -0.39 is 0 Å². The molecule has 1 unspecified atom stereocenters. The first-order chi connectivity index (χ1) is 16.2. The molecule has 0 radical (unpaired) electrons. The van der Waals surface area contributed by atoms with Gasteiger partial charge in [-0.1, -0.05) is 0 Å². The zero-order valence-electron chi connectivity index (χ0n) is 17.7. The zero-order valence-corrected chi connectivity index (χ0v) is 18.5. The number of rotatable bonds is 4. The van der Waals surface area contributed by atoms with Crippen LogP contribution in [-0.2, 0) is 0 Å². The van der Waals surface area contributed by atoms with E-state index in [-0.39, 0.29) is 11.1 Å². The molecule has 2 aliphatic rings. The second-order valence-corrected chi connectivity index (χ2v) is 9.09. The van der Waals surface area contributed by atoms with E-state index in [2.05, 4.69) is 32.4 Å². The van der Waals surface area contributed by atoms with Crippen LogP contribution in [0.1, 0.15) is 12.0 Å². The summed E-state index contributed by atoms with van der Waals surface area (Å²) in [6, 6.07) is 10.4. The van der Waals surface area contributed by atoms with Crippen molar-refractivity contribution in [2.75, 3.05) is 31.1 Å². The van der Waals surface area contributed by atoms with Crippen molar-refractivity contribution in [3.8, 4) is 23.3 Å². The Morgan fingerprint density at radius 1 is 1.12 bits per heavy atom. The summed E-state index contributed by atoms with van der Waals surface area (Å²) in [5, 5.41) is 26.5. The Bertz CT molecular complexity index is 1340. The van der Waals surface area contributed by atoms with Gasteiger partial charge >= 0.3 is 0 Å². The molecule has 0 saturated carbocycles. The van der Waals surface area contributed by atoms with Crippen molar-refractivity contribution < 1.29 is 4.39 Å². The molecule has 1 atom stereocenters. The lowest BCUT2D eigenvalue weighted by atomic mass is 10.1. The molecule has 1 aliphatic heterocycles. The fourth-order valence-corrected chi connectivity index (χ4v) is 5.32. The summed E-state index contributed by atoms with van der Waals surface area (Å²) in [5.74, 6) is 0.557. The standard InChI is InChI=1S/C24H20FN7S/c25-20-2-3-21(17(9-20)11-26)33-22-10-18(15-32-24(22)19(12-27)14-30-32)16-1-4-23(29-13-16)31-7-5-28-6-8-31/h1-2,4,9-10,13-15,21,28H,3,5-8H2. The molecule has 5 rings (SSSR count). The van der Waals surface area contributed by atoms with Crippen LogP contribution in [0, 0.1) is 22.7 Å². The third-order valence-electron chi connectivity index (χ3n) is 5.78. The molecule has 0 aromatic carbocycles. The SMILES string of the molecule is N#CC1=CC(F)=CCC1Sc1cc(-c2ccc(N3CCNCC3)nc2)cn2ncc(C#N)c12. The van der Waals surface area contributed by atoms with Crippen molar-refractivity contribution in [3.63, 3.8) is 0 Å². The second kappa shape index (κ2) is 9.07. The van der Waals surface area contributed by atoms with Crippen LogP contribution in [0.3, 0.4) is 0 Å². The van der Waals surface area contributed by atoms with Gasteiger partial charge in [0.05, 0.1) is 23.3 Å². The van der Waals surface area contributed by atoms with Crippen LogP contribution in [-0.4, -0.2) is 46.0 Å². The third-order valence-corrected chi connectivity index (χ3v) is 7.08. The number of halogens is 1. The van der Waals surface area contributed by atoms with E-state index in [1.54, 1.807) is 4.52 Å². The van der Waals surface area contributed by atoms with Gasteiger partial charge in [-0.15, -0.1) is 11.8 Å². The normalized spacial score (nSPS) is 18.4. The molecule has 4 heterocycles. The first-order valence-electron chi connectivity index (χ1n) is 10.6. The number of aromatic nitrogens is 3. The minimum Gasteiger partial charge on any atom is -0.354 e. The van der Waals surface area contributed by atoms with Gasteiger partial charge in [0, 0.05) is 65.4 Å². The van der Waals surface area contributed by atoms with Crippen LogP contribution in [0.25, 0.3) is 16.6 Å². The number of nitrogens with one attached hydrogen (secondary N) is 1. The number of hydrogen-bond acceptors (Lipinski definition) is 7. The van der Waals surface area contributed by atoms with Gasteiger partial charge in [-0.05, 0) is 36.8 Å². The quantitative estimate of drug-likeness (QED) is 0.636. The van der Waals surface area contributed by atoms with E-state index >= 15 is 0 Å². The molecule has 1 N–H and O–H groups in total. The molecule has 0 amide bonds. The van der Waals surface area contributed by atoms with E-state index in [1.165, 1.54) is 30.1 Å². The maximum absolute atomic E-state index is 13.7. The van der Waals surface area contributed by atoms with E-state index in [0.717, 1.165) is 48.0 Å². The number of hydrogen-bond donors (Lipinski definition) is 1. The van der Waals surface area contributed by atoms with Gasteiger partial charge in [-0.2, -0.15) is 15.6 Å². The van der Waals surface area contributed by atoms with Gasteiger partial charge in [0.15, 0.2) is 0 Å². The largest absolute Gasteiger partial charge is 0.354 e. The maximum Gasteiger partial charge on any atom is 0.128 e. The van der Waals surface area contributed by atoms with Crippen LogP contribution < -0.4 is 10.2 Å². The molecule has 0 bridgehead atoms. The van der Waals surface area contributed by atoms with E-state index in [4.69, 9.17) is 0 Å². The molecule has 9 heteroatoms. The van der Waals surface area contributed by atoms with Gasteiger partial charge < -0.3 is 10.2 Å². The van der Waals surface area contributed by atoms with Crippen LogP contribution in [0.5, 0.6) is 0 Å². The number of anilines is 1. The Morgan fingerprint density at radius 3 is 2.70 bits per heavy atom. The summed E-state index contributed by atoms with van der Waals surface area (Å²) in [7, 11) is 0. The van der Waals surface area contributed by atoms with Gasteiger partial charge in [-0.25, -0.2) is 13.9 Å². The summed E-state index contributed by atoms with van der Waals surface area (Å²) in [5.41, 5.74) is 3.35. The van der Waals surface area contributed by atoms with Gasteiger partial charge in [0.25, 0.3) is 0 Å². The Morgan fingerprint density at radius 2 is 1.97 bits per heavy atom. The Balaban J connectivity index is 1.51. The summed E-state index contributed by atoms with van der Waals surface area (Å²) in [4.78, 5) is 7.73. The lowest BCUT2D eigenvalue weighted by molar-refractivity contribution is 0.585. The van der Waals surface area contributed by atoms with Crippen molar-refractivity contribution in [2.24, 2.45) is 0 Å². The van der Waals surface area contributed by atoms with Gasteiger partial charge in [0.2, 0.25) is 0 Å². The number of nitriles is 2. The smallest absolute Gasteiger partial charge is 0.128 e. The summed E-state index contributed by atoms with van der Waals surface area (Å²) < 4.78 is 15.4. The highest BCUT2D eigenvalue weighted by Gasteiger charge is 2.22. The lowest BCUT2D eigenvalue weighted by Gasteiger charge is -2.28. The molecule has 1 aliphatic carbocycles. The van der Waals surface area contributed by atoms with Gasteiger partial charge in [0.1, 0.15) is 17.7 Å². The van der Waals surface area contributed by atoms with Crippen LogP contribution in [0.4, 0.5) is 10.2 Å². The predicted molar refractivity (Wildman–Crippen MR) is 125 cm³/mol. The topological polar surface area (TPSA) is 93.0 Å². The highest BCUT2D eigenvalue weighted by molar-refractivity contribution is 8.00. The number of thioether (sulfide) groups is 1. The zero-order chi connectivity index (χ0) is 22.8. The van der Waals surface area contributed by atoms with Gasteiger partial charge in [-0.3, -0.25) is 0 Å². The molecule has 164 valence electrons. The molecule has 1 fully saturated rings. The number of piperazine rings is 1. The molecule has 7 nitrogen and oxygen atoms in total. The summed E-state index contributed by atoms with van der Waals surface area (Å²) >= 11 is 1.45. The minimum atomic E-state index is -0.389. The van der Waals surface area contributed by atoms with Crippen molar-refractivity contribution >= 4 is 23.1 Å². The first kappa shape index (κ1) is 21.2. The average Bonchev–Trinajstić information content (AvgIpc) is 3.29. The molecule has 33 heavy (non-hydrogen) atoms. The highest BCUT2D eigenvalue weighted by Crippen LogP contribution is 2.39. The summed E-state index contributed by atoms with van der Waals surface area (Å²) in [6.45, 7) is 3.74. The monoisotopic (exact) mass is 457 g/mol. The molecular weight excluding hydrogens is 437 g/mol. The Kier molecular flexibility index (Phi) is 5.82. The maximum atomic E-state index is 13.7. The van der Waals surface area contributed by atoms with Crippen LogP contribution in [0.15, 0.2) is 65.2 Å². The fourth-order valence-electron chi connectivity index (χ4n) is 4.07. The average molecular weight is 458 g/mol. The van der Waals surface area contributed by atoms with Crippen LogP contribution >= 0.6 is 11.8 Å². The number of allylic oxidation sites excluding steroid dienone is 3. The van der Waals surface area contributed by atoms with E-state index in [0.29, 0.717) is 23.1 Å². The molecule has 3 aromatic heterocycles. The predicted octanol–water partition coefficient (Wildman–Crippen LogP) is 3.85. The highest BCUT2D eigenvalue weighted by atomic mass is 32.2. The lowest BCUT2D eigenvalue weighted by Crippen LogP contribution is -2.43. The third kappa shape index (κ3) is 4.21. The molecular formula is C24H20FN7S. The molecule has 1 saturated heterocycles. The van der Waals surface area contributed by atoms with Crippen molar-refractivity contribution in [2.45, 2.75) is 16.6 Å². The Hall–Kier alpha value is -3.66. The molecule has 3 aromatic rings. The number of pyridine rings is 2. The minimum absolute atomic E-state index is 0.233. The second-order valence-electron chi connectivity index (χ2n) is 7.84. The van der Waals surface area contributed by atoms with Crippen molar-refractivity contribution in [1.29, 1.82) is 10.5 Å². The summed E-state index contributed by atoms with van der Waals surface area (Å²) in [6.07, 6.45) is 8.44. The molecule has 0 spiro atoms. The fraction of sp³-hybridized carbons (Fsp3) is 0.250.